The molecule has 2 aromatic rings. The van der Waals surface area contributed by atoms with Crippen molar-refractivity contribution in [1.29, 1.82) is 0 Å². The Kier molecular flexibility index (Phi) is 6.45. The van der Waals surface area contributed by atoms with Gasteiger partial charge in [0, 0.05) is 27.8 Å². The largest absolute Gasteiger partial charge is 0.370 e. The minimum absolute atomic E-state index is 0.166. The molecule has 1 aromatic heterocycles. The number of thioether (sulfide) groups is 1. The highest BCUT2D eigenvalue weighted by molar-refractivity contribution is 8.00. The fraction of sp³-hybridized carbons (Fsp3) is 0.333. The number of carbonyl (C=O) groups is 1. The van der Waals surface area contributed by atoms with E-state index in [1.165, 1.54) is 23.3 Å². The Balaban J connectivity index is 1.91. The topological polar surface area (TPSA) is 76.0 Å². The molecule has 1 aliphatic rings. The van der Waals surface area contributed by atoms with E-state index in [0.29, 0.717) is 25.0 Å². The Morgan fingerprint density at radius 1 is 1.33 bits per heavy atom. The van der Waals surface area contributed by atoms with Crippen molar-refractivity contribution < 1.29 is 4.79 Å². The van der Waals surface area contributed by atoms with E-state index in [0.717, 1.165) is 16.4 Å². The molecule has 6 heteroatoms. The highest BCUT2D eigenvalue weighted by Crippen LogP contribution is 2.41. The molecule has 4 nitrogen and oxygen atoms in total. The lowest BCUT2D eigenvalue weighted by Crippen LogP contribution is -2.10. The van der Waals surface area contributed by atoms with E-state index in [1.807, 2.05) is 23.9 Å². The Hall–Kier alpha value is -1.98. The summed E-state index contributed by atoms with van der Waals surface area (Å²) in [4.78, 5) is 27.1. The number of nitrogens with two attached hydrogens (primary N) is 1. The first-order valence-electron chi connectivity index (χ1n) is 9.09. The second-order valence-corrected chi connectivity index (χ2v) is 8.57. The molecule has 1 aliphatic carbocycles. The summed E-state index contributed by atoms with van der Waals surface area (Å²) in [7, 11) is 0. The smallest absolute Gasteiger partial charge is 0.267 e. The van der Waals surface area contributed by atoms with Crippen LogP contribution in [0.25, 0.3) is 5.57 Å². The van der Waals surface area contributed by atoms with Gasteiger partial charge in [-0.3, -0.25) is 9.59 Å². The number of carbonyl (C=O) groups excluding carboxylic acids is 1. The Labute approximate surface area is 168 Å². The van der Waals surface area contributed by atoms with Crippen LogP contribution in [-0.4, -0.2) is 16.1 Å². The van der Waals surface area contributed by atoms with Gasteiger partial charge >= 0.3 is 0 Å². The molecule has 0 unspecified atom stereocenters. The summed E-state index contributed by atoms with van der Waals surface area (Å²) in [6, 6.07) is 9.81. The van der Waals surface area contributed by atoms with Crippen molar-refractivity contribution in [2.75, 3.05) is 0 Å². The third kappa shape index (κ3) is 5.50. The van der Waals surface area contributed by atoms with E-state index in [-0.39, 0.29) is 16.5 Å². The molecule has 0 saturated heterocycles. The highest BCUT2D eigenvalue weighted by atomic mass is 35.5. The standard InChI is InChI=1S/C21H23ClN2O2S/c1-13-12-14(6-11-19(13)27-15-7-8-15)16(4-2-3-5-20(23)25)18-10-9-17(22)21(26)24-18/h4,6,9-12,15H,2-3,5,7-8H2,1H3,(H2,23,25)(H,24,26)/b16-4+. The number of aromatic nitrogens is 1. The number of benzene rings is 1. The number of aryl methyl sites for hydroxylation is 1. The molecular formula is C21H23ClN2O2S. The second kappa shape index (κ2) is 8.81. The number of pyridine rings is 1. The maximum atomic E-state index is 12.0. The SMILES string of the molecule is Cc1cc(/C(=C\CCCC(N)=O)c2ccc(Cl)c(=O)[nH]2)ccc1SC1CC1. The zero-order valence-electron chi connectivity index (χ0n) is 15.3. The predicted octanol–water partition coefficient (Wildman–Crippen LogP) is 4.68. The first kappa shape index (κ1) is 19.8. The van der Waals surface area contributed by atoms with Gasteiger partial charge in [0.2, 0.25) is 5.91 Å². The Morgan fingerprint density at radius 3 is 2.74 bits per heavy atom. The number of hydrogen-bond acceptors (Lipinski definition) is 3. The van der Waals surface area contributed by atoms with Crippen molar-refractivity contribution in [2.24, 2.45) is 5.73 Å². The van der Waals surface area contributed by atoms with E-state index in [4.69, 9.17) is 17.3 Å². The maximum Gasteiger partial charge on any atom is 0.267 e. The molecule has 1 aromatic carbocycles. The minimum atomic E-state index is -0.310. The van der Waals surface area contributed by atoms with Crippen LogP contribution in [0.15, 0.2) is 46.1 Å². The molecule has 1 saturated carbocycles. The van der Waals surface area contributed by atoms with Gasteiger partial charge in [-0.05, 0) is 61.9 Å². The van der Waals surface area contributed by atoms with Crippen molar-refractivity contribution in [3.05, 3.63) is 68.6 Å². The van der Waals surface area contributed by atoms with Gasteiger partial charge in [-0.2, -0.15) is 0 Å². The number of aromatic amines is 1. The zero-order valence-corrected chi connectivity index (χ0v) is 16.8. The van der Waals surface area contributed by atoms with Crippen LogP contribution in [0.5, 0.6) is 0 Å². The Morgan fingerprint density at radius 2 is 2.11 bits per heavy atom. The van der Waals surface area contributed by atoms with Gasteiger partial charge in [-0.1, -0.05) is 29.8 Å². The minimum Gasteiger partial charge on any atom is -0.370 e. The first-order chi connectivity index (χ1) is 12.9. The fourth-order valence-corrected chi connectivity index (χ4v) is 4.07. The van der Waals surface area contributed by atoms with Gasteiger partial charge < -0.3 is 10.7 Å². The third-order valence-electron chi connectivity index (χ3n) is 4.43. The van der Waals surface area contributed by atoms with Gasteiger partial charge in [0.05, 0.1) is 0 Å². The summed E-state index contributed by atoms with van der Waals surface area (Å²) in [6.07, 6.45) is 6.35. The number of allylic oxidation sites excluding steroid dienone is 1. The predicted molar refractivity (Wildman–Crippen MR) is 112 cm³/mol. The van der Waals surface area contributed by atoms with Crippen LogP contribution >= 0.6 is 23.4 Å². The summed E-state index contributed by atoms with van der Waals surface area (Å²) in [5.41, 5.74) is 8.82. The van der Waals surface area contributed by atoms with Crippen LogP contribution in [0.4, 0.5) is 0 Å². The summed E-state index contributed by atoms with van der Waals surface area (Å²) in [5, 5.41) is 0.921. The summed E-state index contributed by atoms with van der Waals surface area (Å²) in [5.74, 6) is -0.304. The lowest BCUT2D eigenvalue weighted by Gasteiger charge is -2.12. The van der Waals surface area contributed by atoms with Crippen LogP contribution in [0.1, 0.15) is 48.9 Å². The third-order valence-corrected chi connectivity index (χ3v) is 6.25. The van der Waals surface area contributed by atoms with Crippen molar-refractivity contribution in [2.45, 2.75) is 49.2 Å². The van der Waals surface area contributed by atoms with Gasteiger partial charge in [-0.25, -0.2) is 0 Å². The number of halogens is 1. The van der Waals surface area contributed by atoms with Gasteiger partial charge in [0.1, 0.15) is 5.02 Å². The van der Waals surface area contributed by atoms with Gasteiger partial charge in [0.15, 0.2) is 0 Å². The lowest BCUT2D eigenvalue weighted by molar-refractivity contribution is -0.118. The molecule has 0 bridgehead atoms. The number of rotatable bonds is 8. The fourth-order valence-electron chi connectivity index (χ4n) is 2.83. The van der Waals surface area contributed by atoms with E-state index < -0.39 is 0 Å². The molecule has 142 valence electrons. The van der Waals surface area contributed by atoms with Crippen molar-refractivity contribution in [1.82, 2.24) is 4.98 Å². The molecule has 0 spiro atoms. The zero-order chi connectivity index (χ0) is 19.4. The van der Waals surface area contributed by atoms with Crippen LogP contribution in [0.3, 0.4) is 0 Å². The molecule has 1 heterocycles. The number of primary amides is 1. The van der Waals surface area contributed by atoms with E-state index in [2.05, 4.69) is 30.1 Å². The van der Waals surface area contributed by atoms with Crippen molar-refractivity contribution >= 4 is 34.8 Å². The highest BCUT2D eigenvalue weighted by Gasteiger charge is 2.23. The quantitative estimate of drug-likeness (QED) is 0.629. The molecule has 1 fully saturated rings. The van der Waals surface area contributed by atoms with E-state index in [9.17, 15) is 9.59 Å². The van der Waals surface area contributed by atoms with Crippen molar-refractivity contribution in [3.63, 3.8) is 0 Å². The molecule has 0 atom stereocenters. The average molecular weight is 403 g/mol. The van der Waals surface area contributed by atoms with Crippen LogP contribution in [-0.2, 0) is 4.79 Å². The Bertz CT molecular complexity index is 932. The van der Waals surface area contributed by atoms with E-state index >= 15 is 0 Å². The number of nitrogens with one attached hydrogen (secondary N) is 1. The number of amides is 1. The second-order valence-electron chi connectivity index (χ2n) is 6.82. The van der Waals surface area contributed by atoms with Crippen molar-refractivity contribution in [3.8, 4) is 0 Å². The molecular weight excluding hydrogens is 380 g/mol. The summed E-state index contributed by atoms with van der Waals surface area (Å²) in [6.45, 7) is 2.11. The first-order valence-corrected chi connectivity index (χ1v) is 10.3. The molecule has 0 aliphatic heterocycles. The average Bonchev–Trinajstić information content (AvgIpc) is 3.43. The van der Waals surface area contributed by atoms with Gasteiger partial charge in [-0.15, -0.1) is 11.8 Å². The maximum absolute atomic E-state index is 12.0. The molecule has 3 rings (SSSR count). The number of hydrogen-bond donors (Lipinski definition) is 2. The van der Waals surface area contributed by atoms with Crippen LogP contribution < -0.4 is 11.3 Å². The summed E-state index contributed by atoms with van der Waals surface area (Å²) < 4.78 is 0. The molecule has 3 N–H and O–H groups in total. The summed E-state index contributed by atoms with van der Waals surface area (Å²) >= 11 is 7.81. The van der Waals surface area contributed by atoms with E-state index in [1.54, 1.807) is 6.07 Å². The molecule has 0 radical (unpaired) electrons. The normalized spacial score (nSPS) is 14.4. The number of unbranched alkanes of at least 4 members (excludes halogenated alkanes) is 1. The molecule has 1 amide bonds. The van der Waals surface area contributed by atoms with Crippen LogP contribution in [0.2, 0.25) is 5.02 Å². The van der Waals surface area contributed by atoms with Crippen LogP contribution in [0, 0.1) is 6.92 Å². The van der Waals surface area contributed by atoms with Gasteiger partial charge in [0.25, 0.3) is 5.56 Å². The monoisotopic (exact) mass is 402 g/mol. The number of H-pyrrole nitrogens is 1. The lowest BCUT2D eigenvalue weighted by atomic mass is 9.98. The molecule has 27 heavy (non-hydrogen) atoms.